The molecule has 3 heterocycles. The van der Waals surface area contributed by atoms with E-state index in [2.05, 4.69) is 9.88 Å². The first-order valence-electron chi connectivity index (χ1n) is 9.97. The lowest BCUT2D eigenvalue weighted by molar-refractivity contribution is 0.0424. The second kappa shape index (κ2) is 8.32. The maximum absolute atomic E-state index is 12.1. The van der Waals surface area contributed by atoms with Crippen molar-refractivity contribution in [2.24, 2.45) is 7.05 Å². The summed E-state index contributed by atoms with van der Waals surface area (Å²) in [4.78, 5) is 32.1. The summed E-state index contributed by atoms with van der Waals surface area (Å²) in [5.41, 5.74) is 1.98. The molecule has 2 aromatic rings. The fourth-order valence-corrected chi connectivity index (χ4v) is 4.53. The molecule has 0 bridgehead atoms. The molecule has 1 amide bonds. The van der Waals surface area contributed by atoms with Crippen LogP contribution in [0.3, 0.4) is 0 Å². The number of piperidine rings is 1. The van der Waals surface area contributed by atoms with E-state index in [0.29, 0.717) is 11.4 Å². The van der Waals surface area contributed by atoms with Gasteiger partial charge < -0.3 is 19.5 Å². The predicted molar refractivity (Wildman–Crippen MR) is 115 cm³/mol. The number of aromatic nitrogens is 2. The number of aryl methyl sites for hydroxylation is 1. The summed E-state index contributed by atoms with van der Waals surface area (Å²) in [6.07, 6.45) is 3.12. The number of hydrogen-bond acceptors (Lipinski definition) is 4. The molecule has 7 nitrogen and oxygen atoms in total. The van der Waals surface area contributed by atoms with Crippen molar-refractivity contribution in [3.63, 3.8) is 0 Å². The first-order chi connectivity index (χ1) is 13.6. The number of carboxylic acid groups (broad SMARTS) is 1. The average molecular weight is 421 g/mol. The number of nitrogens with zero attached hydrogens (tertiary/aromatic N) is 4. The lowest BCUT2D eigenvalue weighted by atomic mass is 9.96. The van der Waals surface area contributed by atoms with Crippen molar-refractivity contribution in [3.8, 4) is 0 Å². The van der Waals surface area contributed by atoms with E-state index in [9.17, 15) is 14.7 Å². The van der Waals surface area contributed by atoms with Gasteiger partial charge >= 0.3 is 6.09 Å². The summed E-state index contributed by atoms with van der Waals surface area (Å²) in [6, 6.07) is 3.28. The Bertz CT molecular complexity index is 959. The zero-order valence-corrected chi connectivity index (χ0v) is 18.2. The molecule has 2 aromatic heterocycles. The van der Waals surface area contributed by atoms with Crippen LogP contribution in [-0.2, 0) is 13.5 Å². The smallest absolute Gasteiger partial charge is 0.407 e. The SMILES string of the molecule is Cn1c(=O)ccc2ncc(Cl)c(CCN3CCC(N(C(=O)O)C(C)(C)C)CC3)c21. The molecule has 1 saturated heterocycles. The Balaban J connectivity index is 1.70. The lowest BCUT2D eigenvalue weighted by Gasteiger charge is -2.43. The van der Waals surface area contributed by atoms with Crippen molar-refractivity contribution in [2.75, 3.05) is 19.6 Å². The number of amides is 1. The van der Waals surface area contributed by atoms with E-state index in [4.69, 9.17) is 11.6 Å². The van der Waals surface area contributed by atoms with Gasteiger partial charge in [-0.15, -0.1) is 0 Å². The summed E-state index contributed by atoms with van der Waals surface area (Å²) in [5, 5.41) is 10.2. The number of carbonyl (C=O) groups is 1. The largest absolute Gasteiger partial charge is 0.465 e. The number of pyridine rings is 2. The zero-order valence-electron chi connectivity index (χ0n) is 17.5. The molecular weight excluding hydrogens is 392 g/mol. The minimum Gasteiger partial charge on any atom is -0.465 e. The Kier molecular flexibility index (Phi) is 6.19. The van der Waals surface area contributed by atoms with Gasteiger partial charge in [-0.25, -0.2) is 4.79 Å². The molecule has 3 rings (SSSR count). The molecule has 0 radical (unpaired) electrons. The van der Waals surface area contributed by atoms with Gasteiger partial charge in [0.2, 0.25) is 0 Å². The molecule has 1 aliphatic rings. The van der Waals surface area contributed by atoms with Crippen LogP contribution in [-0.4, -0.2) is 61.8 Å². The highest BCUT2D eigenvalue weighted by Crippen LogP contribution is 2.27. The molecule has 0 atom stereocenters. The highest BCUT2D eigenvalue weighted by atomic mass is 35.5. The number of rotatable bonds is 4. The number of hydrogen-bond donors (Lipinski definition) is 1. The van der Waals surface area contributed by atoms with Crippen molar-refractivity contribution >= 4 is 28.7 Å². The van der Waals surface area contributed by atoms with Crippen LogP contribution in [0.4, 0.5) is 4.79 Å². The Morgan fingerprint density at radius 1 is 1.31 bits per heavy atom. The molecule has 158 valence electrons. The Morgan fingerprint density at radius 3 is 2.55 bits per heavy atom. The molecule has 29 heavy (non-hydrogen) atoms. The molecule has 1 N–H and O–H groups in total. The topological polar surface area (TPSA) is 78.7 Å². The first-order valence-corrected chi connectivity index (χ1v) is 10.3. The van der Waals surface area contributed by atoms with Crippen molar-refractivity contribution in [3.05, 3.63) is 39.3 Å². The molecule has 0 aliphatic carbocycles. The zero-order chi connectivity index (χ0) is 21.3. The number of likely N-dealkylation sites (tertiary alicyclic amines) is 1. The van der Waals surface area contributed by atoms with E-state index in [-0.39, 0.29) is 11.6 Å². The fraction of sp³-hybridized carbons (Fsp3) is 0.571. The van der Waals surface area contributed by atoms with Gasteiger partial charge in [-0.05, 0) is 51.7 Å². The van der Waals surface area contributed by atoms with Crippen LogP contribution in [0.1, 0.15) is 39.2 Å². The van der Waals surface area contributed by atoms with Gasteiger partial charge in [0.05, 0.1) is 16.1 Å². The highest BCUT2D eigenvalue weighted by molar-refractivity contribution is 6.32. The van der Waals surface area contributed by atoms with Gasteiger partial charge in [0.1, 0.15) is 0 Å². The fourth-order valence-electron chi connectivity index (χ4n) is 4.30. The van der Waals surface area contributed by atoms with E-state index in [1.165, 1.54) is 6.07 Å². The second-order valence-electron chi connectivity index (χ2n) is 8.70. The van der Waals surface area contributed by atoms with Crippen LogP contribution >= 0.6 is 11.6 Å². The van der Waals surface area contributed by atoms with Crippen molar-refractivity contribution < 1.29 is 9.90 Å². The van der Waals surface area contributed by atoms with Crippen LogP contribution in [0.2, 0.25) is 5.02 Å². The van der Waals surface area contributed by atoms with Crippen molar-refractivity contribution in [1.29, 1.82) is 0 Å². The Morgan fingerprint density at radius 2 is 1.97 bits per heavy atom. The molecule has 0 aromatic carbocycles. The molecule has 0 saturated carbocycles. The summed E-state index contributed by atoms with van der Waals surface area (Å²) in [5.74, 6) is 0. The first kappa shape index (κ1) is 21.6. The lowest BCUT2D eigenvalue weighted by Crippen LogP contribution is -2.54. The predicted octanol–water partition coefficient (Wildman–Crippen LogP) is 3.37. The third kappa shape index (κ3) is 4.56. The van der Waals surface area contributed by atoms with Gasteiger partial charge in [-0.3, -0.25) is 9.78 Å². The molecule has 8 heteroatoms. The number of fused-ring (bicyclic) bond motifs is 1. The minimum atomic E-state index is -0.855. The van der Waals surface area contributed by atoms with Gasteiger partial charge in [-0.2, -0.15) is 0 Å². The van der Waals surface area contributed by atoms with E-state index in [0.717, 1.165) is 49.1 Å². The van der Waals surface area contributed by atoms with Crippen molar-refractivity contribution in [2.45, 2.75) is 51.6 Å². The average Bonchev–Trinajstić information content (AvgIpc) is 2.64. The van der Waals surface area contributed by atoms with Crippen LogP contribution in [0.15, 0.2) is 23.1 Å². The van der Waals surface area contributed by atoms with E-state index < -0.39 is 11.6 Å². The summed E-state index contributed by atoms with van der Waals surface area (Å²) in [6.45, 7) is 8.29. The second-order valence-corrected chi connectivity index (χ2v) is 9.10. The van der Waals surface area contributed by atoms with Gasteiger partial charge in [0.15, 0.2) is 0 Å². The summed E-state index contributed by atoms with van der Waals surface area (Å²) in [7, 11) is 1.74. The monoisotopic (exact) mass is 420 g/mol. The third-order valence-electron chi connectivity index (χ3n) is 5.71. The maximum atomic E-state index is 12.1. The molecule has 1 aliphatic heterocycles. The quantitative estimate of drug-likeness (QED) is 0.820. The third-order valence-corrected chi connectivity index (χ3v) is 6.04. The standard InChI is InChI=1S/C21H29ClN4O3/c1-21(2,3)26(20(28)29)14-7-10-25(11-8-14)12-9-15-16(22)13-23-17-5-6-18(27)24(4)19(15)17/h5-6,13-14H,7-12H2,1-4H3,(H,28,29). The molecule has 0 spiro atoms. The van der Waals surface area contributed by atoms with Crippen LogP contribution < -0.4 is 5.56 Å². The molecular formula is C21H29ClN4O3. The Labute approximate surface area is 175 Å². The summed E-state index contributed by atoms with van der Waals surface area (Å²) >= 11 is 6.43. The van der Waals surface area contributed by atoms with E-state index in [1.54, 1.807) is 28.8 Å². The van der Waals surface area contributed by atoms with E-state index >= 15 is 0 Å². The maximum Gasteiger partial charge on any atom is 0.407 e. The van der Waals surface area contributed by atoms with Crippen molar-refractivity contribution in [1.82, 2.24) is 19.4 Å². The highest BCUT2D eigenvalue weighted by Gasteiger charge is 2.35. The number of halogens is 1. The van der Waals surface area contributed by atoms with Gasteiger partial charge in [0.25, 0.3) is 5.56 Å². The van der Waals surface area contributed by atoms with Gasteiger partial charge in [-0.1, -0.05) is 11.6 Å². The van der Waals surface area contributed by atoms with Gasteiger partial charge in [0, 0.05) is 50.5 Å². The van der Waals surface area contributed by atoms with E-state index in [1.807, 2.05) is 20.8 Å². The Hall–Kier alpha value is -2.12. The van der Waals surface area contributed by atoms with Crippen LogP contribution in [0.5, 0.6) is 0 Å². The summed E-state index contributed by atoms with van der Waals surface area (Å²) < 4.78 is 1.60. The molecule has 0 unspecified atom stereocenters. The van der Waals surface area contributed by atoms with Crippen LogP contribution in [0, 0.1) is 0 Å². The minimum absolute atomic E-state index is 0.0370. The van der Waals surface area contributed by atoms with Crippen LogP contribution in [0.25, 0.3) is 11.0 Å². The molecule has 1 fully saturated rings. The normalized spacial score (nSPS) is 16.3.